The third kappa shape index (κ3) is 4.33. The number of nitrogens with zero attached hydrogens (tertiary/aromatic N) is 1. The predicted octanol–water partition coefficient (Wildman–Crippen LogP) is 2.90. The summed E-state index contributed by atoms with van der Waals surface area (Å²) in [4.78, 5) is 40.6. The van der Waals surface area contributed by atoms with Crippen LogP contribution in [0.2, 0.25) is 5.02 Å². The molecule has 0 aliphatic carbocycles. The van der Waals surface area contributed by atoms with Crippen LogP contribution in [0.1, 0.15) is 20.7 Å². The largest absolute Gasteiger partial charge is 0.377 e. The first-order chi connectivity index (χ1) is 16.5. The summed E-state index contributed by atoms with van der Waals surface area (Å²) in [5.74, 6) is -0.552. The molecule has 3 heterocycles. The Kier molecular flexibility index (Phi) is 5.91. The van der Waals surface area contributed by atoms with Gasteiger partial charge in [0.05, 0.1) is 30.3 Å². The molecule has 0 saturated carbocycles. The number of halogens is 1. The molecule has 0 bridgehead atoms. The van der Waals surface area contributed by atoms with Crippen molar-refractivity contribution in [3.05, 3.63) is 99.6 Å². The Balaban J connectivity index is 1.24. The first-order valence-electron chi connectivity index (χ1n) is 10.7. The van der Waals surface area contributed by atoms with Gasteiger partial charge in [0, 0.05) is 46.2 Å². The van der Waals surface area contributed by atoms with Gasteiger partial charge in [-0.3, -0.25) is 19.0 Å². The van der Waals surface area contributed by atoms with Crippen molar-refractivity contribution in [2.75, 3.05) is 13.2 Å². The number of amides is 2. The Bertz CT molecular complexity index is 1430. The van der Waals surface area contributed by atoms with Gasteiger partial charge in [-0.2, -0.15) is 0 Å². The average Bonchev–Trinajstić information content (AvgIpc) is 3.45. The number of ether oxygens (including phenoxy) is 1. The summed E-state index contributed by atoms with van der Waals surface area (Å²) in [6.07, 6.45) is 3.34. The highest BCUT2D eigenvalue weighted by atomic mass is 35.5. The van der Waals surface area contributed by atoms with Gasteiger partial charge in [-0.15, -0.1) is 0 Å². The normalized spacial score (nSPS) is 17.6. The maximum absolute atomic E-state index is 12.8. The number of benzene rings is 2. The number of hydrogen-bond acceptors (Lipinski definition) is 4. The average molecular weight is 477 g/mol. The highest BCUT2D eigenvalue weighted by Gasteiger charge is 2.31. The molecular weight excluding hydrogens is 456 g/mol. The zero-order chi connectivity index (χ0) is 23.7. The molecule has 1 aliphatic rings. The number of carbonyl (C=O) groups excluding carboxylic acids is 2. The van der Waals surface area contributed by atoms with Crippen molar-refractivity contribution in [2.45, 2.75) is 12.1 Å². The number of carbonyl (C=O) groups is 2. The van der Waals surface area contributed by atoms with Crippen LogP contribution in [0.4, 0.5) is 0 Å². The summed E-state index contributed by atoms with van der Waals surface area (Å²) in [6.45, 7) is 0.586. The lowest BCUT2D eigenvalue weighted by Gasteiger charge is -2.20. The first kappa shape index (κ1) is 21.9. The Morgan fingerprint density at radius 1 is 0.941 bits per heavy atom. The van der Waals surface area contributed by atoms with Crippen molar-refractivity contribution in [1.29, 1.82) is 0 Å². The van der Waals surface area contributed by atoms with Crippen LogP contribution in [0.25, 0.3) is 16.6 Å². The molecule has 4 aromatic rings. The fourth-order valence-electron chi connectivity index (χ4n) is 3.99. The second kappa shape index (κ2) is 9.17. The monoisotopic (exact) mass is 476 g/mol. The molecule has 2 aromatic heterocycles. The van der Waals surface area contributed by atoms with E-state index >= 15 is 0 Å². The zero-order valence-electron chi connectivity index (χ0n) is 18.0. The summed E-state index contributed by atoms with van der Waals surface area (Å²) in [7, 11) is 0. The van der Waals surface area contributed by atoms with Gasteiger partial charge in [-0.25, -0.2) is 0 Å². The Labute approximate surface area is 199 Å². The molecule has 8 nitrogen and oxygen atoms in total. The fourth-order valence-corrected chi connectivity index (χ4v) is 4.21. The second-order valence-electron chi connectivity index (χ2n) is 8.05. The highest BCUT2D eigenvalue weighted by Crippen LogP contribution is 2.23. The van der Waals surface area contributed by atoms with Crippen molar-refractivity contribution in [3.8, 4) is 5.69 Å². The molecule has 1 saturated heterocycles. The number of pyridine rings is 1. The second-order valence-corrected chi connectivity index (χ2v) is 8.46. The van der Waals surface area contributed by atoms with Crippen LogP contribution < -0.4 is 16.2 Å². The minimum atomic E-state index is -0.378. The topological polar surface area (TPSA) is 105 Å². The lowest BCUT2D eigenvalue weighted by Crippen LogP contribution is -2.51. The van der Waals surface area contributed by atoms with Crippen LogP contribution in [0.5, 0.6) is 0 Å². The lowest BCUT2D eigenvalue weighted by atomic mass is 10.1. The van der Waals surface area contributed by atoms with Crippen LogP contribution in [-0.4, -0.2) is 46.7 Å². The quantitative estimate of drug-likeness (QED) is 0.412. The SMILES string of the molecule is O=C(NC1COCC1NC(=O)c1ccc2c(Cl)c[nH]c2c1)c1ccc(-n2ccccc2=O)cc1. The van der Waals surface area contributed by atoms with E-state index in [1.807, 2.05) is 0 Å². The molecule has 0 radical (unpaired) electrons. The van der Waals surface area contributed by atoms with Crippen LogP contribution in [0, 0.1) is 0 Å². The molecule has 0 spiro atoms. The van der Waals surface area contributed by atoms with Crippen LogP contribution in [0.3, 0.4) is 0 Å². The van der Waals surface area contributed by atoms with E-state index in [9.17, 15) is 14.4 Å². The van der Waals surface area contributed by atoms with Gasteiger partial charge in [0.15, 0.2) is 0 Å². The maximum atomic E-state index is 12.8. The molecule has 1 aliphatic heterocycles. The van der Waals surface area contributed by atoms with Gasteiger partial charge in [0.1, 0.15) is 0 Å². The molecule has 1 fully saturated rings. The van der Waals surface area contributed by atoms with Gasteiger partial charge < -0.3 is 20.4 Å². The third-order valence-electron chi connectivity index (χ3n) is 5.84. The fraction of sp³-hybridized carbons (Fsp3) is 0.160. The van der Waals surface area contributed by atoms with E-state index in [-0.39, 0.29) is 29.5 Å². The molecule has 172 valence electrons. The van der Waals surface area contributed by atoms with Crippen molar-refractivity contribution < 1.29 is 14.3 Å². The molecule has 3 N–H and O–H groups in total. The summed E-state index contributed by atoms with van der Waals surface area (Å²) in [5, 5.41) is 7.32. The number of H-pyrrole nitrogens is 1. The summed E-state index contributed by atoms with van der Waals surface area (Å²) in [6, 6.07) is 16.1. The van der Waals surface area contributed by atoms with Crippen molar-refractivity contribution in [1.82, 2.24) is 20.2 Å². The van der Waals surface area contributed by atoms with Crippen LogP contribution in [0.15, 0.2) is 77.9 Å². The summed E-state index contributed by atoms with van der Waals surface area (Å²) >= 11 is 6.10. The number of fused-ring (bicyclic) bond motifs is 1. The van der Waals surface area contributed by atoms with E-state index < -0.39 is 0 Å². The number of aromatic nitrogens is 2. The Morgan fingerprint density at radius 2 is 1.62 bits per heavy atom. The van der Waals surface area contributed by atoms with Crippen LogP contribution in [-0.2, 0) is 4.74 Å². The Morgan fingerprint density at radius 3 is 2.32 bits per heavy atom. The minimum absolute atomic E-state index is 0.153. The molecule has 2 unspecified atom stereocenters. The molecular formula is C25H21ClN4O4. The first-order valence-corrected chi connectivity index (χ1v) is 11.1. The highest BCUT2D eigenvalue weighted by molar-refractivity contribution is 6.35. The molecule has 2 aromatic carbocycles. The summed E-state index contributed by atoms with van der Waals surface area (Å²) in [5.41, 5.74) is 2.21. The minimum Gasteiger partial charge on any atom is -0.377 e. The van der Waals surface area contributed by atoms with E-state index in [0.717, 1.165) is 10.9 Å². The molecule has 2 amide bonds. The van der Waals surface area contributed by atoms with Gasteiger partial charge in [0.25, 0.3) is 17.4 Å². The van der Waals surface area contributed by atoms with Crippen molar-refractivity contribution >= 4 is 34.3 Å². The standard InChI is InChI=1S/C25H21ClN4O4/c26-19-12-27-20-11-16(6-9-18(19)20)25(33)29-22-14-34-13-21(22)28-24(32)15-4-7-17(8-5-15)30-10-2-1-3-23(30)31/h1-12,21-22,27H,13-14H2,(H,28,32)(H,29,33). The molecule has 5 rings (SSSR count). The zero-order valence-corrected chi connectivity index (χ0v) is 18.7. The number of rotatable bonds is 5. The van der Waals surface area contributed by atoms with Crippen molar-refractivity contribution in [3.63, 3.8) is 0 Å². The molecule has 9 heteroatoms. The number of aromatic amines is 1. The van der Waals surface area contributed by atoms with Gasteiger partial charge >= 0.3 is 0 Å². The van der Waals surface area contributed by atoms with E-state index in [1.165, 1.54) is 10.6 Å². The number of nitrogens with one attached hydrogen (secondary N) is 3. The third-order valence-corrected chi connectivity index (χ3v) is 6.15. The Hall–Kier alpha value is -3.88. The smallest absolute Gasteiger partial charge is 0.255 e. The maximum Gasteiger partial charge on any atom is 0.255 e. The summed E-state index contributed by atoms with van der Waals surface area (Å²) < 4.78 is 7.01. The van der Waals surface area contributed by atoms with Gasteiger partial charge in [-0.05, 0) is 42.5 Å². The number of hydrogen-bond donors (Lipinski definition) is 3. The predicted molar refractivity (Wildman–Crippen MR) is 129 cm³/mol. The molecule has 2 atom stereocenters. The van der Waals surface area contributed by atoms with E-state index in [4.69, 9.17) is 16.3 Å². The van der Waals surface area contributed by atoms with Crippen molar-refractivity contribution in [2.24, 2.45) is 0 Å². The van der Waals surface area contributed by atoms with E-state index in [2.05, 4.69) is 15.6 Å². The van der Waals surface area contributed by atoms with Crippen LogP contribution >= 0.6 is 11.6 Å². The van der Waals surface area contributed by atoms with E-state index in [0.29, 0.717) is 35.1 Å². The molecule has 34 heavy (non-hydrogen) atoms. The van der Waals surface area contributed by atoms with Gasteiger partial charge in [0.2, 0.25) is 0 Å². The lowest BCUT2D eigenvalue weighted by molar-refractivity contribution is 0.0897. The van der Waals surface area contributed by atoms with Gasteiger partial charge in [-0.1, -0.05) is 23.7 Å². The van der Waals surface area contributed by atoms with E-state index in [1.54, 1.807) is 67.0 Å².